The second-order valence-electron chi connectivity index (χ2n) is 5.39. The van der Waals surface area contributed by atoms with Crippen LogP contribution in [0.25, 0.3) is 0 Å². The molecule has 1 aliphatic heterocycles. The van der Waals surface area contributed by atoms with E-state index in [0.29, 0.717) is 10.7 Å². The van der Waals surface area contributed by atoms with Crippen LogP contribution in [0.1, 0.15) is 10.4 Å². The summed E-state index contributed by atoms with van der Waals surface area (Å²) in [5.41, 5.74) is 0.580. The summed E-state index contributed by atoms with van der Waals surface area (Å²) < 4.78 is 36.9. The van der Waals surface area contributed by atoms with Crippen molar-refractivity contribution in [2.75, 3.05) is 10.7 Å². The summed E-state index contributed by atoms with van der Waals surface area (Å²) in [6.45, 7) is 0. The van der Waals surface area contributed by atoms with Gasteiger partial charge in [0, 0.05) is 21.7 Å². The van der Waals surface area contributed by atoms with Crippen LogP contribution in [0.15, 0.2) is 60.0 Å². The van der Waals surface area contributed by atoms with E-state index in [2.05, 4.69) is 0 Å². The van der Waals surface area contributed by atoms with Gasteiger partial charge >= 0.3 is 0 Å². The van der Waals surface area contributed by atoms with E-state index in [0.717, 1.165) is 11.5 Å². The summed E-state index contributed by atoms with van der Waals surface area (Å²) >= 11 is 5.99. The number of amides is 1. The maximum Gasteiger partial charge on any atom is 0.258 e. The van der Waals surface area contributed by atoms with Crippen molar-refractivity contribution < 1.29 is 17.6 Å². The first-order valence-corrected chi connectivity index (χ1v) is 9.21. The van der Waals surface area contributed by atoms with Crippen molar-refractivity contribution in [1.82, 2.24) is 0 Å². The molecule has 0 bridgehead atoms. The first kappa shape index (κ1) is 16.7. The van der Waals surface area contributed by atoms with Crippen molar-refractivity contribution in [3.8, 4) is 0 Å². The van der Waals surface area contributed by atoms with E-state index < -0.39 is 27.6 Å². The Bertz CT molecular complexity index is 927. The van der Waals surface area contributed by atoms with E-state index in [4.69, 9.17) is 11.6 Å². The molecule has 1 aliphatic rings. The summed E-state index contributed by atoms with van der Waals surface area (Å²) in [6, 6.07) is 11.1. The summed E-state index contributed by atoms with van der Waals surface area (Å²) in [4.78, 5) is 14.2. The molecule has 0 aromatic heterocycles. The third-order valence-electron chi connectivity index (χ3n) is 3.62. The van der Waals surface area contributed by atoms with Gasteiger partial charge in [0.15, 0.2) is 9.84 Å². The Morgan fingerprint density at radius 1 is 1.17 bits per heavy atom. The van der Waals surface area contributed by atoms with Gasteiger partial charge in [-0.05, 0) is 42.5 Å². The zero-order valence-electron chi connectivity index (χ0n) is 12.4. The van der Waals surface area contributed by atoms with Crippen LogP contribution < -0.4 is 4.90 Å². The summed E-state index contributed by atoms with van der Waals surface area (Å²) in [5, 5.41) is 1.50. The van der Waals surface area contributed by atoms with Crippen LogP contribution in [0.2, 0.25) is 5.02 Å². The van der Waals surface area contributed by atoms with Crippen LogP contribution in [0.3, 0.4) is 0 Å². The van der Waals surface area contributed by atoms with Crippen molar-refractivity contribution >= 4 is 33.0 Å². The smallest absolute Gasteiger partial charge is 0.258 e. The Balaban J connectivity index is 2.05. The largest absolute Gasteiger partial charge is 0.300 e. The topological polar surface area (TPSA) is 54.5 Å². The molecule has 0 fully saturated rings. The number of carbonyl (C=O) groups is 1. The van der Waals surface area contributed by atoms with Crippen molar-refractivity contribution in [3.05, 3.63) is 76.4 Å². The van der Waals surface area contributed by atoms with Crippen LogP contribution in [0.5, 0.6) is 0 Å². The Hall–Kier alpha value is -2.18. The average molecular weight is 366 g/mol. The minimum atomic E-state index is -3.36. The lowest BCUT2D eigenvalue weighted by molar-refractivity contribution is 0.0982. The van der Waals surface area contributed by atoms with Crippen molar-refractivity contribution in [2.45, 2.75) is 6.04 Å². The minimum Gasteiger partial charge on any atom is -0.300 e. The zero-order valence-corrected chi connectivity index (χ0v) is 14.0. The molecule has 7 heteroatoms. The van der Waals surface area contributed by atoms with E-state index >= 15 is 0 Å². The summed E-state index contributed by atoms with van der Waals surface area (Å²) in [5.74, 6) is -1.26. The van der Waals surface area contributed by atoms with E-state index in [9.17, 15) is 17.6 Å². The predicted octanol–water partition coefficient (Wildman–Crippen LogP) is 3.44. The molecule has 4 nitrogen and oxygen atoms in total. The SMILES string of the molecule is O=C(c1cccc(F)c1)N(c1cccc(Cl)c1)C1C=CS(=O)(=O)C1. The van der Waals surface area contributed by atoms with Crippen LogP contribution in [0, 0.1) is 5.82 Å². The van der Waals surface area contributed by atoms with E-state index in [1.54, 1.807) is 24.3 Å². The number of halogens is 2. The van der Waals surface area contributed by atoms with Gasteiger partial charge in [-0.15, -0.1) is 0 Å². The molecule has 1 atom stereocenters. The molecule has 1 unspecified atom stereocenters. The highest BCUT2D eigenvalue weighted by atomic mass is 35.5. The lowest BCUT2D eigenvalue weighted by Crippen LogP contribution is -2.41. The fourth-order valence-electron chi connectivity index (χ4n) is 2.57. The van der Waals surface area contributed by atoms with Crippen LogP contribution in [-0.4, -0.2) is 26.1 Å². The fraction of sp³-hybridized carbons (Fsp3) is 0.118. The standard InChI is InChI=1S/C17H13ClFNO3S/c18-13-4-2-6-15(10-13)20(16-7-8-24(22,23)11-16)17(21)12-3-1-5-14(19)9-12/h1-10,16H,11H2. The molecule has 0 radical (unpaired) electrons. The molecule has 2 aromatic carbocycles. The highest BCUT2D eigenvalue weighted by Gasteiger charge is 2.32. The van der Waals surface area contributed by atoms with Crippen molar-refractivity contribution in [2.24, 2.45) is 0 Å². The summed E-state index contributed by atoms with van der Waals surface area (Å²) in [7, 11) is -3.36. The first-order valence-electron chi connectivity index (χ1n) is 7.11. The van der Waals surface area contributed by atoms with Gasteiger partial charge in [-0.25, -0.2) is 12.8 Å². The van der Waals surface area contributed by atoms with E-state index in [1.807, 2.05) is 0 Å². The van der Waals surface area contributed by atoms with Gasteiger partial charge in [-0.3, -0.25) is 4.79 Å². The molecule has 1 heterocycles. The van der Waals surface area contributed by atoms with Crippen LogP contribution in [0.4, 0.5) is 10.1 Å². The molecule has 24 heavy (non-hydrogen) atoms. The van der Waals surface area contributed by atoms with Gasteiger partial charge < -0.3 is 4.90 Å². The van der Waals surface area contributed by atoms with Gasteiger partial charge in [0.2, 0.25) is 0 Å². The predicted molar refractivity (Wildman–Crippen MR) is 91.4 cm³/mol. The number of benzene rings is 2. The maximum absolute atomic E-state index is 13.5. The molecule has 3 rings (SSSR count). The molecular formula is C17H13ClFNO3S. The zero-order chi connectivity index (χ0) is 17.3. The Labute approximate surface area is 144 Å². The Morgan fingerprint density at radius 2 is 1.92 bits per heavy atom. The van der Waals surface area contributed by atoms with Gasteiger partial charge in [0.25, 0.3) is 5.91 Å². The maximum atomic E-state index is 13.5. The molecular weight excluding hydrogens is 353 g/mol. The Kier molecular flexibility index (Phi) is 4.43. The molecule has 0 aliphatic carbocycles. The van der Waals surface area contributed by atoms with Crippen molar-refractivity contribution in [1.29, 1.82) is 0 Å². The molecule has 0 saturated heterocycles. The minimum absolute atomic E-state index is 0.132. The van der Waals surface area contributed by atoms with E-state index in [-0.39, 0.29) is 11.3 Å². The van der Waals surface area contributed by atoms with Gasteiger partial charge in [0.1, 0.15) is 5.82 Å². The van der Waals surface area contributed by atoms with Crippen LogP contribution >= 0.6 is 11.6 Å². The quantitative estimate of drug-likeness (QED) is 0.837. The lowest BCUT2D eigenvalue weighted by atomic mass is 10.1. The highest BCUT2D eigenvalue weighted by Crippen LogP contribution is 2.27. The highest BCUT2D eigenvalue weighted by molar-refractivity contribution is 7.94. The molecule has 0 spiro atoms. The van der Waals surface area contributed by atoms with Gasteiger partial charge in [0.05, 0.1) is 11.8 Å². The first-order chi connectivity index (χ1) is 11.4. The number of carbonyl (C=O) groups excluding carboxylic acids is 1. The van der Waals surface area contributed by atoms with Crippen LogP contribution in [-0.2, 0) is 9.84 Å². The number of sulfone groups is 1. The second kappa shape index (κ2) is 6.37. The summed E-state index contributed by atoms with van der Waals surface area (Å²) in [6.07, 6.45) is 1.45. The van der Waals surface area contributed by atoms with Gasteiger partial charge in [-0.1, -0.05) is 23.7 Å². The monoisotopic (exact) mass is 365 g/mol. The normalized spacial score (nSPS) is 18.5. The number of hydrogen-bond donors (Lipinski definition) is 0. The van der Waals surface area contributed by atoms with Crippen molar-refractivity contribution in [3.63, 3.8) is 0 Å². The number of rotatable bonds is 3. The molecule has 0 saturated carbocycles. The molecule has 0 N–H and O–H groups in total. The lowest BCUT2D eigenvalue weighted by Gasteiger charge is -2.28. The molecule has 124 valence electrons. The number of nitrogens with zero attached hydrogens (tertiary/aromatic N) is 1. The Morgan fingerprint density at radius 3 is 2.54 bits per heavy atom. The average Bonchev–Trinajstić information content (AvgIpc) is 2.87. The van der Waals surface area contributed by atoms with Gasteiger partial charge in [-0.2, -0.15) is 0 Å². The third-order valence-corrected chi connectivity index (χ3v) is 5.23. The second-order valence-corrected chi connectivity index (χ2v) is 7.76. The van der Waals surface area contributed by atoms with E-state index in [1.165, 1.54) is 29.2 Å². The molecule has 1 amide bonds. The number of anilines is 1. The molecule has 2 aromatic rings. The fourth-order valence-corrected chi connectivity index (χ4v) is 4.02. The third kappa shape index (κ3) is 3.49. The number of hydrogen-bond acceptors (Lipinski definition) is 3.